The largest absolute Gasteiger partial charge is 0.435 e. The summed E-state index contributed by atoms with van der Waals surface area (Å²) in [4.78, 5) is 17.6. The van der Waals surface area contributed by atoms with Gasteiger partial charge in [-0.05, 0) is 24.1 Å². The van der Waals surface area contributed by atoms with Gasteiger partial charge in [-0.25, -0.2) is 0 Å². The fourth-order valence-electron chi connectivity index (χ4n) is 2.81. The Hall–Kier alpha value is -2.72. The van der Waals surface area contributed by atoms with Crippen molar-refractivity contribution in [2.45, 2.75) is 18.6 Å². The number of carbonyl (C=O) groups is 1. The Morgan fingerprint density at radius 3 is 2.29 bits per heavy atom. The van der Waals surface area contributed by atoms with Gasteiger partial charge in [-0.3, -0.25) is 9.79 Å². The van der Waals surface area contributed by atoms with Crippen molar-refractivity contribution in [2.75, 3.05) is 7.11 Å². The lowest BCUT2D eigenvalue weighted by Crippen LogP contribution is -2.43. The number of hydrogen-bond acceptors (Lipinski definition) is 4. The van der Waals surface area contributed by atoms with Gasteiger partial charge in [0, 0.05) is 13.3 Å². The lowest BCUT2D eigenvalue weighted by molar-refractivity contribution is -0.172. The molecule has 1 aliphatic rings. The van der Waals surface area contributed by atoms with Gasteiger partial charge in [0.15, 0.2) is 11.7 Å². The molecule has 0 spiro atoms. The third kappa shape index (κ3) is 2.76. The van der Waals surface area contributed by atoms with Gasteiger partial charge in [0.1, 0.15) is 0 Å². The molecule has 0 bridgehead atoms. The molecule has 0 fully saturated rings. The van der Waals surface area contributed by atoms with Gasteiger partial charge in [0.25, 0.3) is 0 Å². The van der Waals surface area contributed by atoms with E-state index >= 15 is 0 Å². The van der Waals surface area contributed by atoms with Gasteiger partial charge in [-0.2, -0.15) is 0 Å². The van der Waals surface area contributed by atoms with E-state index in [0.717, 1.165) is 11.1 Å². The van der Waals surface area contributed by atoms with Crippen LogP contribution in [0.15, 0.2) is 77.9 Å². The number of rotatable bonds is 5. The Kier molecular flexibility index (Phi) is 4.58. The molecule has 0 saturated heterocycles. The standard InChI is InChI=1S/C20H19NO3/c1-15(23-2)24-19(22)20(17-11-7-4-8-12-17)13-14-21-18(20)16-9-5-3-6-10-16/h3-15H,1-2H3. The molecule has 4 nitrogen and oxygen atoms in total. The second kappa shape index (κ2) is 6.81. The van der Waals surface area contributed by atoms with Crippen molar-refractivity contribution < 1.29 is 14.3 Å². The maximum Gasteiger partial charge on any atom is 0.329 e. The first-order valence-electron chi connectivity index (χ1n) is 7.79. The molecule has 0 N–H and O–H groups in total. The zero-order valence-corrected chi connectivity index (χ0v) is 13.7. The normalized spacial score (nSPS) is 20.5. The van der Waals surface area contributed by atoms with Gasteiger partial charge in [-0.1, -0.05) is 60.7 Å². The van der Waals surface area contributed by atoms with Crippen molar-refractivity contribution in [3.05, 3.63) is 84.1 Å². The van der Waals surface area contributed by atoms with Crippen LogP contribution < -0.4 is 0 Å². The Labute approximate surface area is 141 Å². The predicted molar refractivity (Wildman–Crippen MR) is 92.8 cm³/mol. The Balaban J connectivity index is 2.11. The number of methoxy groups -OCH3 is 1. The third-order valence-electron chi connectivity index (χ3n) is 4.10. The van der Waals surface area contributed by atoms with Crippen molar-refractivity contribution in [1.29, 1.82) is 0 Å². The first kappa shape index (κ1) is 16.1. The summed E-state index contributed by atoms with van der Waals surface area (Å²) in [5, 5.41) is 0. The summed E-state index contributed by atoms with van der Waals surface area (Å²) in [6.45, 7) is 1.69. The smallest absolute Gasteiger partial charge is 0.329 e. The van der Waals surface area contributed by atoms with E-state index < -0.39 is 17.7 Å². The van der Waals surface area contributed by atoms with E-state index in [9.17, 15) is 4.79 Å². The zero-order valence-electron chi connectivity index (χ0n) is 13.7. The number of esters is 1. The van der Waals surface area contributed by atoms with E-state index in [-0.39, 0.29) is 0 Å². The molecule has 2 aromatic rings. The highest BCUT2D eigenvalue weighted by molar-refractivity contribution is 6.23. The Morgan fingerprint density at radius 1 is 1.04 bits per heavy atom. The van der Waals surface area contributed by atoms with E-state index in [2.05, 4.69) is 4.99 Å². The second-order valence-electron chi connectivity index (χ2n) is 5.54. The summed E-state index contributed by atoms with van der Waals surface area (Å²) < 4.78 is 10.6. The van der Waals surface area contributed by atoms with Crippen LogP contribution >= 0.6 is 0 Å². The molecule has 4 heteroatoms. The minimum atomic E-state index is -1.07. The van der Waals surface area contributed by atoms with Crippen LogP contribution in [0.25, 0.3) is 0 Å². The maximum atomic E-state index is 13.1. The molecular formula is C20H19NO3. The molecule has 1 heterocycles. The maximum absolute atomic E-state index is 13.1. The van der Waals surface area contributed by atoms with Gasteiger partial charge in [0.05, 0.1) is 5.71 Å². The first-order chi connectivity index (χ1) is 11.7. The molecule has 2 unspecified atom stereocenters. The fraction of sp³-hybridized carbons (Fsp3) is 0.200. The number of ether oxygens (including phenoxy) is 2. The van der Waals surface area contributed by atoms with E-state index in [4.69, 9.17) is 9.47 Å². The van der Waals surface area contributed by atoms with Gasteiger partial charge >= 0.3 is 5.97 Å². The molecule has 1 aliphatic heterocycles. The second-order valence-corrected chi connectivity index (χ2v) is 5.54. The molecule has 0 radical (unpaired) electrons. The molecule has 2 atom stereocenters. The SMILES string of the molecule is COC(C)OC(=O)C1(c2ccccc2)C=CN=C1c1ccccc1. The van der Waals surface area contributed by atoms with Crippen LogP contribution in [0.3, 0.4) is 0 Å². The molecule has 0 amide bonds. The number of benzene rings is 2. The summed E-state index contributed by atoms with van der Waals surface area (Å²) in [5.74, 6) is -0.403. The highest BCUT2D eigenvalue weighted by Gasteiger charge is 2.47. The van der Waals surface area contributed by atoms with Crippen molar-refractivity contribution >= 4 is 11.7 Å². The molecule has 0 saturated carbocycles. The Bertz CT molecular complexity index is 768. The lowest BCUT2D eigenvalue weighted by Gasteiger charge is -2.29. The quantitative estimate of drug-likeness (QED) is 0.626. The average Bonchev–Trinajstić information content (AvgIpc) is 3.09. The summed E-state index contributed by atoms with van der Waals surface area (Å²) in [7, 11) is 1.50. The monoisotopic (exact) mass is 321 g/mol. The van der Waals surface area contributed by atoms with Crippen molar-refractivity contribution in [3.63, 3.8) is 0 Å². The van der Waals surface area contributed by atoms with Gasteiger partial charge in [0.2, 0.25) is 0 Å². The van der Waals surface area contributed by atoms with Crippen LogP contribution in [0.2, 0.25) is 0 Å². The van der Waals surface area contributed by atoms with Crippen LogP contribution in [-0.2, 0) is 19.7 Å². The Morgan fingerprint density at radius 2 is 1.67 bits per heavy atom. The summed E-state index contributed by atoms with van der Waals surface area (Å²) in [6, 6.07) is 19.2. The van der Waals surface area contributed by atoms with E-state index in [1.54, 1.807) is 19.2 Å². The predicted octanol–water partition coefficient (Wildman–Crippen LogP) is 3.48. The van der Waals surface area contributed by atoms with E-state index in [1.165, 1.54) is 7.11 Å². The molecule has 0 aromatic heterocycles. The molecule has 2 aromatic carbocycles. The number of nitrogens with zero attached hydrogens (tertiary/aromatic N) is 1. The zero-order chi connectivity index (χ0) is 17.0. The number of hydrogen-bond donors (Lipinski definition) is 0. The number of aliphatic imine (C=N–C) groups is 1. The van der Waals surface area contributed by atoms with Crippen LogP contribution in [0.5, 0.6) is 0 Å². The van der Waals surface area contributed by atoms with E-state index in [0.29, 0.717) is 5.71 Å². The minimum absolute atomic E-state index is 0.403. The van der Waals surface area contributed by atoms with Crippen LogP contribution in [0, 0.1) is 0 Å². The molecule has 122 valence electrons. The molecule has 24 heavy (non-hydrogen) atoms. The van der Waals surface area contributed by atoms with Crippen LogP contribution in [0.4, 0.5) is 0 Å². The summed E-state index contributed by atoms with van der Waals surface area (Å²) >= 11 is 0. The van der Waals surface area contributed by atoms with Crippen molar-refractivity contribution in [1.82, 2.24) is 0 Å². The fourth-order valence-corrected chi connectivity index (χ4v) is 2.81. The van der Waals surface area contributed by atoms with Gasteiger partial charge < -0.3 is 9.47 Å². The first-order valence-corrected chi connectivity index (χ1v) is 7.79. The molecular weight excluding hydrogens is 302 g/mol. The highest BCUT2D eigenvalue weighted by Crippen LogP contribution is 2.36. The lowest BCUT2D eigenvalue weighted by atomic mass is 9.74. The van der Waals surface area contributed by atoms with Crippen molar-refractivity contribution in [3.8, 4) is 0 Å². The van der Waals surface area contributed by atoms with Gasteiger partial charge in [-0.15, -0.1) is 0 Å². The van der Waals surface area contributed by atoms with E-state index in [1.807, 2.05) is 60.7 Å². The van der Waals surface area contributed by atoms with Crippen molar-refractivity contribution in [2.24, 2.45) is 4.99 Å². The van der Waals surface area contributed by atoms with Crippen LogP contribution in [-0.4, -0.2) is 25.1 Å². The molecule has 0 aliphatic carbocycles. The topological polar surface area (TPSA) is 47.9 Å². The minimum Gasteiger partial charge on any atom is -0.435 e. The third-order valence-corrected chi connectivity index (χ3v) is 4.10. The summed E-state index contributed by atoms with van der Waals surface area (Å²) in [5.41, 5.74) is 1.28. The highest BCUT2D eigenvalue weighted by atomic mass is 16.7. The number of carbonyl (C=O) groups excluding carboxylic acids is 1. The average molecular weight is 321 g/mol. The molecule has 3 rings (SSSR count). The summed E-state index contributed by atoms with van der Waals surface area (Å²) in [6.07, 6.45) is 2.81. The van der Waals surface area contributed by atoms with Crippen LogP contribution in [0.1, 0.15) is 18.1 Å².